The number of pyridine rings is 1. The molecule has 0 spiro atoms. The molecule has 0 bridgehead atoms. The van der Waals surface area contributed by atoms with Gasteiger partial charge in [0.2, 0.25) is 0 Å². The smallest absolute Gasteiger partial charge is 0.328 e. The summed E-state index contributed by atoms with van der Waals surface area (Å²) in [5, 5.41) is 0. The lowest BCUT2D eigenvalue weighted by Gasteiger charge is -2.36. The predicted molar refractivity (Wildman–Crippen MR) is 84.9 cm³/mol. The maximum atomic E-state index is 12.3. The zero-order valence-corrected chi connectivity index (χ0v) is 14.0. The maximum absolute atomic E-state index is 12.3. The second-order valence-electron chi connectivity index (χ2n) is 6.24. The van der Waals surface area contributed by atoms with Gasteiger partial charge in [-0.2, -0.15) is 0 Å². The third kappa shape index (κ3) is 2.57. The average Bonchev–Trinajstić information content (AvgIpc) is 2.92. The number of carbonyl (C=O) groups is 1. The normalized spacial score (nSPS) is 21.6. The second kappa shape index (κ2) is 5.85. The van der Waals surface area contributed by atoms with Gasteiger partial charge < -0.3 is 19.1 Å². The van der Waals surface area contributed by atoms with Crippen LogP contribution in [-0.4, -0.2) is 54.9 Å². The van der Waals surface area contributed by atoms with E-state index in [1.54, 1.807) is 19.5 Å². The minimum absolute atomic E-state index is 0.234. The lowest BCUT2D eigenvalue weighted by Crippen LogP contribution is -2.39. The summed E-state index contributed by atoms with van der Waals surface area (Å²) in [4.78, 5) is 18.5. The average molecular weight is 318 g/mol. The Hall–Kier alpha value is -2.08. The van der Waals surface area contributed by atoms with Crippen LogP contribution in [0.25, 0.3) is 5.70 Å². The maximum Gasteiger partial charge on any atom is 0.328 e. The Kier molecular flexibility index (Phi) is 4.02. The molecule has 1 aromatic heterocycles. The fourth-order valence-corrected chi connectivity index (χ4v) is 3.37. The highest BCUT2D eigenvalue weighted by Crippen LogP contribution is 2.48. The van der Waals surface area contributed by atoms with Crippen molar-refractivity contribution in [1.82, 2.24) is 9.88 Å². The van der Waals surface area contributed by atoms with Crippen molar-refractivity contribution in [1.29, 1.82) is 0 Å². The summed E-state index contributed by atoms with van der Waals surface area (Å²) in [7, 11) is 3.08. The summed E-state index contributed by atoms with van der Waals surface area (Å²) in [5.41, 5.74) is 2.64. The molecule has 124 valence electrons. The summed E-state index contributed by atoms with van der Waals surface area (Å²) in [6.45, 7) is 5.19. The van der Waals surface area contributed by atoms with Crippen LogP contribution in [0.4, 0.5) is 0 Å². The largest absolute Gasteiger partial charge is 0.481 e. The molecule has 2 aliphatic heterocycles. The van der Waals surface area contributed by atoms with Gasteiger partial charge >= 0.3 is 5.97 Å². The first-order valence-corrected chi connectivity index (χ1v) is 7.70. The molecule has 0 aliphatic carbocycles. The number of ether oxygens (including phenoxy) is 3. The predicted octanol–water partition coefficient (Wildman–Crippen LogP) is 1.86. The number of nitrogens with zero attached hydrogens (tertiary/aromatic N) is 2. The third-order valence-electron chi connectivity index (χ3n) is 4.49. The standard InChI is InChI=1S/C17H22N2O4/c1-17(2)12-9-13(16(20)22-4)19(7-8-21-3)15(12)11-5-6-18-10-14(11)23-17/h5-6,10,13H,7-9H2,1-4H3. The Morgan fingerprint density at radius 3 is 2.96 bits per heavy atom. The number of fused-ring (bicyclic) bond motifs is 2. The van der Waals surface area contributed by atoms with Crippen LogP contribution in [0.5, 0.6) is 5.75 Å². The number of methoxy groups -OCH3 is 2. The van der Waals surface area contributed by atoms with Crippen LogP contribution in [0.2, 0.25) is 0 Å². The molecule has 6 heteroatoms. The molecule has 0 radical (unpaired) electrons. The minimum Gasteiger partial charge on any atom is -0.481 e. The number of rotatable bonds is 4. The first-order valence-electron chi connectivity index (χ1n) is 7.70. The van der Waals surface area contributed by atoms with Gasteiger partial charge in [0.15, 0.2) is 0 Å². The third-order valence-corrected chi connectivity index (χ3v) is 4.49. The quantitative estimate of drug-likeness (QED) is 0.790. The van der Waals surface area contributed by atoms with Crippen LogP contribution >= 0.6 is 0 Å². The molecule has 3 heterocycles. The molecule has 2 aliphatic rings. The van der Waals surface area contributed by atoms with Crippen molar-refractivity contribution in [2.24, 2.45) is 0 Å². The number of hydrogen-bond donors (Lipinski definition) is 0. The fraction of sp³-hybridized carbons (Fsp3) is 0.529. The Labute approximate surface area is 136 Å². The molecular formula is C17H22N2O4. The molecule has 3 rings (SSSR count). The van der Waals surface area contributed by atoms with Crippen molar-refractivity contribution in [3.63, 3.8) is 0 Å². The first-order chi connectivity index (χ1) is 11.0. The highest BCUT2D eigenvalue weighted by Gasteiger charge is 2.46. The van der Waals surface area contributed by atoms with Crippen LogP contribution in [-0.2, 0) is 14.3 Å². The van der Waals surface area contributed by atoms with Gasteiger partial charge in [-0.3, -0.25) is 4.98 Å². The zero-order valence-electron chi connectivity index (χ0n) is 14.0. The van der Waals surface area contributed by atoms with E-state index < -0.39 is 5.60 Å². The second-order valence-corrected chi connectivity index (χ2v) is 6.24. The van der Waals surface area contributed by atoms with Crippen molar-refractivity contribution in [3.05, 3.63) is 29.6 Å². The Balaban J connectivity index is 2.09. The van der Waals surface area contributed by atoms with Gasteiger partial charge in [0.25, 0.3) is 0 Å². The van der Waals surface area contributed by atoms with Gasteiger partial charge in [0, 0.05) is 31.8 Å². The Bertz CT molecular complexity index is 654. The van der Waals surface area contributed by atoms with Gasteiger partial charge in [-0.05, 0) is 25.5 Å². The Morgan fingerprint density at radius 2 is 2.26 bits per heavy atom. The van der Waals surface area contributed by atoms with Crippen molar-refractivity contribution in [2.75, 3.05) is 27.4 Å². The van der Waals surface area contributed by atoms with E-state index >= 15 is 0 Å². The summed E-state index contributed by atoms with van der Waals surface area (Å²) < 4.78 is 16.3. The van der Waals surface area contributed by atoms with E-state index in [4.69, 9.17) is 14.2 Å². The van der Waals surface area contributed by atoms with E-state index in [1.165, 1.54) is 7.11 Å². The topological polar surface area (TPSA) is 60.9 Å². The summed E-state index contributed by atoms with van der Waals surface area (Å²) in [6.07, 6.45) is 4.06. The van der Waals surface area contributed by atoms with Crippen molar-refractivity contribution in [3.8, 4) is 5.75 Å². The van der Waals surface area contributed by atoms with Crippen molar-refractivity contribution in [2.45, 2.75) is 31.9 Å². The number of aromatic nitrogens is 1. The number of hydrogen-bond acceptors (Lipinski definition) is 6. The van der Waals surface area contributed by atoms with Gasteiger partial charge in [-0.15, -0.1) is 0 Å². The molecular weight excluding hydrogens is 296 g/mol. The molecule has 0 N–H and O–H groups in total. The number of carbonyl (C=O) groups excluding carboxylic acids is 1. The molecule has 1 atom stereocenters. The number of esters is 1. The molecule has 23 heavy (non-hydrogen) atoms. The van der Waals surface area contributed by atoms with E-state index in [1.807, 2.05) is 19.9 Å². The summed E-state index contributed by atoms with van der Waals surface area (Å²) in [5.74, 6) is 0.506. The van der Waals surface area contributed by atoms with Crippen LogP contribution < -0.4 is 4.74 Å². The van der Waals surface area contributed by atoms with Gasteiger partial charge in [-0.1, -0.05) is 0 Å². The Morgan fingerprint density at radius 1 is 1.48 bits per heavy atom. The van der Waals surface area contributed by atoms with Crippen molar-refractivity contribution >= 4 is 11.7 Å². The molecule has 0 saturated carbocycles. The fourth-order valence-electron chi connectivity index (χ4n) is 3.37. The van der Waals surface area contributed by atoms with Crippen LogP contribution in [0.3, 0.4) is 0 Å². The van der Waals surface area contributed by atoms with Gasteiger partial charge in [0.05, 0.1) is 25.6 Å². The van der Waals surface area contributed by atoms with Crippen LogP contribution in [0.1, 0.15) is 25.8 Å². The SMILES string of the molecule is COCCN1C2=C(CC1C(=O)OC)C(C)(C)Oc1cnccc12. The van der Waals surface area contributed by atoms with E-state index in [-0.39, 0.29) is 12.0 Å². The van der Waals surface area contributed by atoms with Crippen molar-refractivity contribution < 1.29 is 19.0 Å². The van der Waals surface area contributed by atoms with E-state index in [9.17, 15) is 4.79 Å². The lowest BCUT2D eigenvalue weighted by molar-refractivity contribution is -0.145. The first kappa shape index (κ1) is 15.8. The molecule has 6 nitrogen and oxygen atoms in total. The molecule has 0 saturated heterocycles. The zero-order chi connectivity index (χ0) is 16.6. The van der Waals surface area contributed by atoms with E-state index in [0.717, 1.165) is 22.6 Å². The monoisotopic (exact) mass is 318 g/mol. The molecule has 1 unspecified atom stereocenters. The summed E-state index contributed by atoms with van der Waals surface area (Å²) in [6, 6.07) is 1.58. The van der Waals surface area contributed by atoms with E-state index in [0.29, 0.717) is 19.6 Å². The molecule has 0 fully saturated rings. The van der Waals surface area contributed by atoms with E-state index in [2.05, 4.69) is 9.88 Å². The van der Waals surface area contributed by atoms with Gasteiger partial charge in [-0.25, -0.2) is 4.79 Å². The lowest BCUT2D eigenvalue weighted by atomic mass is 9.89. The van der Waals surface area contributed by atoms with Crippen LogP contribution in [0.15, 0.2) is 24.0 Å². The molecule has 1 aromatic rings. The molecule has 0 amide bonds. The minimum atomic E-state index is -0.487. The van der Waals surface area contributed by atoms with Crippen LogP contribution in [0, 0.1) is 0 Å². The molecule has 0 aromatic carbocycles. The highest BCUT2D eigenvalue weighted by atomic mass is 16.5. The van der Waals surface area contributed by atoms with Gasteiger partial charge in [0.1, 0.15) is 17.4 Å². The summed E-state index contributed by atoms with van der Waals surface area (Å²) >= 11 is 0. The highest BCUT2D eigenvalue weighted by molar-refractivity contribution is 5.86.